The van der Waals surface area contributed by atoms with Crippen LogP contribution in [-0.2, 0) is 22.6 Å². The number of carbonyl (C=O) groups is 2. The molecule has 8 heteroatoms. The van der Waals surface area contributed by atoms with Crippen molar-refractivity contribution in [2.75, 3.05) is 19.6 Å². The fraction of sp³-hybridized carbons (Fsp3) is 0.471. The predicted octanol–water partition coefficient (Wildman–Crippen LogP) is 5.29. The third kappa shape index (κ3) is 8.13. The second-order valence-corrected chi connectivity index (χ2v) is 11.6. The molecule has 0 radical (unpaired) electrons. The molecule has 0 heterocycles. The van der Waals surface area contributed by atoms with Crippen molar-refractivity contribution in [2.45, 2.75) is 73.0 Å². The lowest BCUT2D eigenvalue weighted by Gasteiger charge is -2.42. The Hall–Kier alpha value is -3.36. The number of aryl methyl sites for hydroxylation is 2. The van der Waals surface area contributed by atoms with Gasteiger partial charge in [-0.2, -0.15) is 0 Å². The average molecular weight is 582 g/mol. The van der Waals surface area contributed by atoms with E-state index in [1.807, 2.05) is 39.8 Å². The molecule has 3 atom stereocenters. The summed E-state index contributed by atoms with van der Waals surface area (Å²) in [6, 6.07) is 9.32. The Balaban J connectivity index is 1.99. The van der Waals surface area contributed by atoms with Gasteiger partial charge in [-0.3, -0.25) is 9.59 Å². The van der Waals surface area contributed by atoms with Crippen LogP contribution in [-0.4, -0.2) is 47.6 Å². The van der Waals surface area contributed by atoms with Crippen molar-refractivity contribution < 1.29 is 23.5 Å². The van der Waals surface area contributed by atoms with Crippen molar-refractivity contribution in [3.05, 3.63) is 93.6 Å². The van der Waals surface area contributed by atoms with E-state index in [4.69, 9.17) is 5.73 Å². The Morgan fingerprint density at radius 3 is 2.29 bits per heavy atom. The Morgan fingerprint density at radius 1 is 1.05 bits per heavy atom. The van der Waals surface area contributed by atoms with Gasteiger partial charge in [-0.15, -0.1) is 0 Å². The van der Waals surface area contributed by atoms with Crippen LogP contribution in [0.2, 0.25) is 0 Å². The van der Waals surface area contributed by atoms with Crippen molar-refractivity contribution >= 4 is 11.8 Å². The van der Waals surface area contributed by atoms with Crippen LogP contribution < -0.4 is 11.1 Å². The van der Waals surface area contributed by atoms with Crippen LogP contribution in [0.4, 0.5) is 8.78 Å². The third-order valence-electron chi connectivity index (χ3n) is 8.06. The Morgan fingerprint density at radius 2 is 1.69 bits per heavy atom. The summed E-state index contributed by atoms with van der Waals surface area (Å²) in [7, 11) is 0. The number of amides is 2. The molecule has 0 saturated heterocycles. The van der Waals surface area contributed by atoms with E-state index in [9.17, 15) is 23.5 Å². The van der Waals surface area contributed by atoms with Gasteiger partial charge in [0.25, 0.3) is 0 Å². The number of halogens is 2. The molecular formula is C34H45F2N3O3. The standard InChI is InChI=1S/C34H45F2N3O3/c1-6-10-39(11-7-2)32(41)26-13-23(4)18-34(19-26,33(37)42)30(16-25-14-28(35)17-29(36)15-25)31(40)21-38-20-27-12-22(3)8-9-24(27)5/h8-9,12-15,17-18,30-31,38,40H,6-7,10-11,16,19-21H2,1-5H3,(H2,37,42)/t30-,31+,34?/m1/s1. The van der Waals surface area contributed by atoms with Crippen LogP contribution in [0, 0.1) is 36.8 Å². The zero-order valence-electron chi connectivity index (χ0n) is 25.5. The van der Waals surface area contributed by atoms with E-state index >= 15 is 0 Å². The molecular weight excluding hydrogens is 536 g/mol. The van der Waals surface area contributed by atoms with E-state index in [2.05, 4.69) is 11.4 Å². The maximum absolute atomic E-state index is 14.2. The number of rotatable bonds is 14. The molecule has 0 aromatic heterocycles. The second-order valence-electron chi connectivity index (χ2n) is 11.6. The van der Waals surface area contributed by atoms with E-state index < -0.39 is 35.0 Å². The van der Waals surface area contributed by atoms with Gasteiger partial charge in [0.1, 0.15) is 11.6 Å². The normalized spacial score (nSPS) is 18.2. The number of aliphatic hydroxyl groups is 1. The second kappa shape index (κ2) is 14.7. The maximum atomic E-state index is 14.2. The number of nitrogens with zero attached hydrogens (tertiary/aromatic N) is 1. The van der Waals surface area contributed by atoms with Gasteiger partial charge in [0.05, 0.1) is 11.5 Å². The monoisotopic (exact) mass is 581 g/mol. The highest BCUT2D eigenvalue weighted by Gasteiger charge is 2.48. The van der Waals surface area contributed by atoms with Gasteiger partial charge in [0, 0.05) is 43.7 Å². The fourth-order valence-electron chi connectivity index (χ4n) is 6.05. The van der Waals surface area contributed by atoms with Crippen LogP contribution in [0.5, 0.6) is 0 Å². The number of carbonyl (C=O) groups excluding carboxylic acids is 2. The van der Waals surface area contributed by atoms with E-state index in [-0.39, 0.29) is 25.3 Å². The lowest BCUT2D eigenvalue weighted by Crippen LogP contribution is -2.51. The minimum atomic E-state index is -1.46. The number of nitrogens with one attached hydrogen (secondary N) is 1. The third-order valence-corrected chi connectivity index (χ3v) is 8.06. The molecule has 42 heavy (non-hydrogen) atoms. The molecule has 1 unspecified atom stereocenters. The zero-order valence-corrected chi connectivity index (χ0v) is 25.5. The molecule has 1 aliphatic carbocycles. The first kappa shape index (κ1) is 33.1. The number of hydrogen-bond acceptors (Lipinski definition) is 4. The van der Waals surface area contributed by atoms with Crippen LogP contribution in [0.25, 0.3) is 0 Å². The minimum absolute atomic E-state index is 0.0149. The summed E-state index contributed by atoms with van der Waals surface area (Å²) in [6.45, 7) is 11.5. The van der Waals surface area contributed by atoms with Crippen LogP contribution in [0.3, 0.4) is 0 Å². The Labute approximate surface area is 248 Å². The largest absolute Gasteiger partial charge is 0.391 e. The topological polar surface area (TPSA) is 95.7 Å². The first-order valence-electron chi connectivity index (χ1n) is 14.8. The molecule has 2 aromatic rings. The van der Waals surface area contributed by atoms with Gasteiger partial charge < -0.3 is 21.1 Å². The Kier molecular flexibility index (Phi) is 11.6. The van der Waals surface area contributed by atoms with E-state index in [1.54, 1.807) is 24.0 Å². The number of allylic oxidation sites excluding steroid dienone is 2. The van der Waals surface area contributed by atoms with Crippen LogP contribution >= 0.6 is 0 Å². The first-order chi connectivity index (χ1) is 19.9. The molecule has 228 valence electrons. The molecule has 0 bridgehead atoms. The van der Waals surface area contributed by atoms with Crippen molar-refractivity contribution in [1.82, 2.24) is 10.2 Å². The fourth-order valence-corrected chi connectivity index (χ4v) is 6.05. The smallest absolute Gasteiger partial charge is 0.249 e. The maximum Gasteiger partial charge on any atom is 0.249 e. The minimum Gasteiger partial charge on any atom is -0.391 e. The van der Waals surface area contributed by atoms with Crippen molar-refractivity contribution in [3.8, 4) is 0 Å². The summed E-state index contributed by atoms with van der Waals surface area (Å²) in [6.07, 6.45) is 3.88. The van der Waals surface area contributed by atoms with Gasteiger partial charge in [-0.05, 0) is 75.3 Å². The number of benzene rings is 2. The number of primary amides is 1. The van der Waals surface area contributed by atoms with E-state index in [0.29, 0.717) is 36.3 Å². The molecule has 6 nitrogen and oxygen atoms in total. The number of nitrogens with two attached hydrogens (primary N) is 1. The van der Waals surface area contributed by atoms with Crippen LogP contribution in [0.15, 0.2) is 59.7 Å². The van der Waals surface area contributed by atoms with Gasteiger partial charge in [-0.1, -0.05) is 55.3 Å². The van der Waals surface area contributed by atoms with E-state index in [0.717, 1.165) is 35.6 Å². The molecule has 2 amide bonds. The van der Waals surface area contributed by atoms with E-state index in [1.165, 1.54) is 12.1 Å². The number of aliphatic hydroxyl groups excluding tert-OH is 1. The van der Waals surface area contributed by atoms with Crippen molar-refractivity contribution in [1.29, 1.82) is 0 Å². The lowest BCUT2D eigenvalue weighted by atomic mass is 9.63. The molecule has 0 aliphatic heterocycles. The highest BCUT2D eigenvalue weighted by molar-refractivity contribution is 5.97. The molecule has 4 N–H and O–H groups in total. The summed E-state index contributed by atoms with van der Waals surface area (Å²) in [5, 5.41) is 15.0. The summed E-state index contributed by atoms with van der Waals surface area (Å²) in [5.41, 5.74) is 9.34. The molecule has 1 aliphatic rings. The van der Waals surface area contributed by atoms with Gasteiger partial charge in [0.15, 0.2) is 0 Å². The quantitative estimate of drug-likeness (QED) is 0.283. The van der Waals surface area contributed by atoms with Gasteiger partial charge in [-0.25, -0.2) is 8.78 Å². The van der Waals surface area contributed by atoms with Crippen LogP contribution in [0.1, 0.15) is 62.3 Å². The number of hydrogen-bond donors (Lipinski definition) is 3. The summed E-state index contributed by atoms with van der Waals surface area (Å²) in [4.78, 5) is 28.8. The average Bonchev–Trinajstić information content (AvgIpc) is 2.92. The summed E-state index contributed by atoms with van der Waals surface area (Å²) in [5.74, 6) is -3.25. The Bertz CT molecular complexity index is 1310. The predicted molar refractivity (Wildman–Crippen MR) is 162 cm³/mol. The van der Waals surface area contributed by atoms with Crippen molar-refractivity contribution in [2.24, 2.45) is 17.1 Å². The summed E-state index contributed by atoms with van der Waals surface area (Å²) < 4.78 is 28.4. The molecule has 0 saturated carbocycles. The van der Waals surface area contributed by atoms with Gasteiger partial charge in [0.2, 0.25) is 11.8 Å². The first-order valence-corrected chi connectivity index (χ1v) is 14.8. The van der Waals surface area contributed by atoms with Gasteiger partial charge >= 0.3 is 0 Å². The molecule has 2 aromatic carbocycles. The highest BCUT2D eigenvalue weighted by atomic mass is 19.1. The lowest BCUT2D eigenvalue weighted by molar-refractivity contribution is -0.132. The zero-order chi connectivity index (χ0) is 31.0. The highest BCUT2D eigenvalue weighted by Crippen LogP contribution is 2.44. The van der Waals surface area contributed by atoms with Crippen molar-refractivity contribution in [3.63, 3.8) is 0 Å². The molecule has 3 rings (SSSR count). The summed E-state index contributed by atoms with van der Waals surface area (Å²) >= 11 is 0. The molecule has 0 spiro atoms. The SMILES string of the molecule is CCCN(CCC)C(=O)C1=CC(C)=CC(C(N)=O)([C@H](Cc2cc(F)cc(F)c2)[C@@H](O)CNCc2cc(C)ccc2C)C1. The molecule has 0 fully saturated rings.